The van der Waals surface area contributed by atoms with Crippen LogP contribution < -0.4 is 11.3 Å². The van der Waals surface area contributed by atoms with Crippen LogP contribution in [0.5, 0.6) is 0 Å². The topological polar surface area (TPSA) is 55.9 Å². The van der Waals surface area contributed by atoms with Crippen LogP contribution in [-0.4, -0.2) is 9.78 Å². The van der Waals surface area contributed by atoms with Crippen molar-refractivity contribution < 1.29 is 17.6 Å². The zero-order chi connectivity index (χ0) is 14.0. The van der Waals surface area contributed by atoms with E-state index in [0.29, 0.717) is 4.68 Å². The highest BCUT2D eigenvalue weighted by Gasteiger charge is 2.14. The summed E-state index contributed by atoms with van der Waals surface area (Å²) in [4.78, 5) is 0. The molecule has 1 aromatic carbocycles. The van der Waals surface area contributed by atoms with E-state index in [1.165, 1.54) is 6.07 Å². The molecule has 0 radical (unpaired) electrons. The molecule has 0 saturated heterocycles. The molecule has 0 aliphatic heterocycles. The molecule has 0 amide bonds. The van der Waals surface area contributed by atoms with Crippen molar-refractivity contribution in [1.29, 1.82) is 0 Å². The molecule has 1 aromatic heterocycles. The molecule has 0 saturated carbocycles. The lowest BCUT2D eigenvalue weighted by Crippen LogP contribution is -2.22. The fourth-order valence-corrected chi connectivity index (χ4v) is 1.62. The van der Waals surface area contributed by atoms with Gasteiger partial charge in [0.05, 0.1) is 5.69 Å². The molecule has 2 aromatic rings. The van der Waals surface area contributed by atoms with Gasteiger partial charge in [-0.1, -0.05) is 0 Å². The van der Waals surface area contributed by atoms with Gasteiger partial charge in [-0.2, -0.15) is 13.9 Å². The van der Waals surface area contributed by atoms with E-state index in [1.807, 2.05) is 0 Å². The summed E-state index contributed by atoms with van der Waals surface area (Å²) >= 11 is 0. The van der Waals surface area contributed by atoms with Crippen LogP contribution in [0.4, 0.5) is 17.6 Å². The smallest absolute Gasteiger partial charge is 0.271 e. The maximum absolute atomic E-state index is 13.6. The Balaban J connectivity index is 2.40. The third kappa shape index (κ3) is 2.74. The molecule has 0 aliphatic rings. The summed E-state index contributed by atoms with van der Waals surface area (Å²) in [6.45, 7) is -2.98. The van der Waals surface area contributed by atoms with Crippen molar-refractivity contribution in [2.24, 2.45) is 5.84 Å². The first-order chi connectivity index (χ1) is 9.02. The highest BCUT2D eigenvalue weighted by atomic mass is 19.3. The van der Waals surface area contributed by atoms with Crippen LogP contribution >= 0.6 is 0 Å². The molecule has 0 unspecified atom stereocenters. The SMILES string of the molecule is NNCc1c(F)cc(-c2ccn(C(F)F)n2)cc1F. The summed E-state index contributed by atoms with van der Waals surface area (Å²) < 4.78 is 52.4. The molecule has 0 fully saturated rings. The standard InChI is InChI=1S/C11H10F4N4/c12-8-3-6(4-9(13)7(8)5-17-16)10-1-2-19(18-10)11(14)15/h1-4,11,17H,5,16H2. The van der Waals surface area contributed by atoms with E-state index >= 15 is 0 Å². The van der Waals surface area contributed by atoms with Crippen molar-refractivity contribution in [2.75, 3.05) is 0 Å². The summed E-state index contributed by atoms with van der Waals surface area (Å²) in [5.41, 5.74) is 2.06. The quantitative estimate of drug-likeness (QED) is 0.510. The lowest BCUT2D eigenvalue weighted by atomic mass is 10.1. The number of benzene rings is 1. The summed E-state index contributed by atoms with van der Waals surface area (Å²) in [6, 6.07) is 3.29. The van der Waals surface area contributed by atoms with Crippen LogP contribution in [0.1, 0.15) is 12.1 Å². The number of alkyl halides is 2. The van der Waals surface area contributed by atoms with E-state index in [2.05, 4.69) is 10.5 Å². The van der Waals surface area contributed by atoms with Crippen molar-refractivity contribution in [1.82, 2.24) is 15.2 Å². The van der Waals surface area contributed by atoms with Gasteiger partial charge >= 0.3 is 6.55 Å². The van der Waals surface area contributed by atoms with Crippen LogP contribution in [0.25, 0.3) is 11.3 Å². The molecular formula is C11H10F4N4. The normalized spacial score (nSPS) is 11.3. The van der Waals surface area contributed by atoms with Gasteiger partial charge in [0.1, 0.15) is 11.6 Å². The molecule has 0 aliphatic carbocycles. The van der Waals surface area contributed by atoms with Gasteiger partial charge < -0.3 is 0 Å². The van der Waals surface area contributed by atoms with Gasteiger partial charge in [-0.15, -0.1) is 0 Å². The van der Waals surface area contributed by atoms with E-state index < -0.39 is 18.2 Å². The summed E-state index contributed by atoms with van der Waals surface area (Å²) in [5.74, 6) is 3.36. The zero-order valence-electron chi connectivity index (χ0n) is 9.58. The van der Waals surface area contributed by atoms with Crippen LogP contribution in [0.2, 0.25) is 0 Å². The largest absolute Gasteiger partial charge is 0.333 e. The fourth-order valence-electron chi connectivity index (χ4n) is 1.62. The number of nitrogens with zero attached hydrogens (tertiary/aromatic N) is 2. The van der Waals surface area contributed by atoms with E-state index in [1.54, 1.807) is 0 Å². The second kappa shape index (κ2) is 5.37. The fraction of sp³-hybridized carbons (Fsp3) is 0.182. The molecule has 4 nitrogen and oxygen atoms in total. The number of halogens is 4. The Labute approximate surface area is 105 Å². The van der Waals surface area contributed by atoms with Gasteiger partial charge in [0, 0.05) is 23.9 Å². The van der Waals surface area contributed by atoms with Gasteiger partial charge in [0.2, 0.25) is 0 Å². The van der Waals surface area contributed by atoms with Crippen LogP contribution in [0.15, 0.2) is 24.4 Å². The Bertz CT molecular complexity index is 559. The van der Waals surface area contributed by atoms with Crippen molar-refractivity contribution in [3.05, 3.63) is 41.6 Å². The molecule has 8 heteroatoms. The molecule has 3 N–H and O–H groups in total. The summed E-state index contributed by atoms with van der Waals surface area (Å²) in [7, 11) is 0. The predicted octanol–water partition coefficient (Wildman–Crippen LogP) is 2.19. The van der Waals surface area contributed by atoms with Crippen LogP contribution in [-0.2, 0) is 6.54 Å². The molecule has 0 bridgehead atoms. The van der Waals surface area contributed by atoms with Crippen molar-refractivity contribution in [3.63, 3.8) is 0 Å². The lowest BCUT2D eigenvalue weighted by molar-refractivity contribution is 0.0568. The first-order valence-electron chi connectivity index (χ1n) is 5.28. The van der Waals surface area contributed by atoms with Gasteiger partial charge in [-0.05, 0) is 18.2 Å². The number of nitrogens with two attached hydrogens (primary N) is 1. The van der Waals surface area contributed by atoms with Crippen LogP contribution in [0, 0.1) is 11.6 Å². The number of rotatable bonds is 4. The number of hydrazine groups is 1. The Morgan fingerprint density at radius 2 is 1.89 bits per heavy atom. The minimum absolute atomic E-state index is 0.0605. The second-order valence-corrected chi connectivity index (χ2v) is 3.76. The number of aromatic nitrogens is 2. The third-order valence-electron chi connectivity index (χ3n) is 2.52. The first kappa shape index (κ1) is 13.5. The van der Waals surface area contributed by atoms with Crippen LogP contribution in [0.3, 0.4) is 0 Å². The van der Waals surface area contributed by atoms with Crippen molar-refractivity contribution >= 4 is 0 Å². The minimum atomic E-state index is -2.80. The Kier molecular flexibility index (Phi) is 3.82. The van der Waals surface area contributed by atoms with Gasteiger partial charge in [0.15, 0.2) is 0 Å². The number of hydrogen-bond acceptors (Lipinski definition) is 3. The maximum Gasteiger partial charge on any atom is 0.333 e. The van der Waals surface area contributed by atoms with E-state index in [0.717, 1.165) is 18.3 Å². The monoisotopic (exact) mass is 274 g/mol. The average Bonchev–Trinajstić information content (AvgIpc) is 2.83. The molecule has 2 rings (SSSR count). The molecule has 1 heterocycles. The number of hydrogen-bond donors (Lipinski definition) is 2. The Morgan fingerprint density at radius 3 is 2.37 bits per heavy atom. The van der Waals surface area contributed by atoms with Gasteiger partial charge in [-0.3, -0.25) is 11.3 Å². The van der Waals surface area contributed by atoms with Crippen molar-refractivity contribution in [2.45, 2.75) is 13.1 Å². The highest BCUT2D eigenvalue weighted by Crippen LogP contribution is 2.24. The molecule has 0 atom stereocenters. The van der Waals surface area contributed by atoms with Gasteiger partial charge in [0.25, 0.3) is 0 Å². The zero-order valence-corrected chi connectivity index (χ0v) is 9.58. The predicted molar refractivity (Wildman–Crippen MR) is 59.9 cm³/mol. The second-order valence-electron chi connectivity index (χ2n) is 3.76. The van der Waals surface area contributed by atoms with E-state index in [-0.39, 0.29) is 23.4 Å². The lowest BCUT2D eigenvalue weighted by Gasteiger charge is -2.06. The van der Waals surface area contributed by atoms with E-state index in [4.69, 9.17) is 5.84 Å². The minimum Gasteiger partial charge on any atom is -0.271 e. The molecule has 0 spiro atoms. The van der Waals surface area contributed by atoms with E-state index in [9.17, 15) is 17.6 Å². The molecule has 19 heavy (non-hydrogen) atoms. The Morgan fingerprint density at radius 1 is 1.26 bits per heavy atom. The average molecular weight is 274 g/mol. The summed E-state index contributed by atoms with van der Waals surface area (Å²) in [6.07, 6.45) is 1.03. The summed E-state index contributed by atoms with van der Waals surface area (Å²) in [5, 5.41) is 3.53. The highest BCUT2D eigenvalue weighted by molar-refractivity contribution is 5.59. The third-order valence-corrected chi connectivity index (χ3v) is 2.52. The first-order valence-corrected chi connectivity index (χ1v) is 5.28. The van der Waals surface area contributed by atoms with Gasteiger partial charge in [-0.25, -0.2) is 13.5 Å². The molecular weight excluding hydrogens is 264 g/mol. The maximum atomic E-state index is 13.6. The molecule has 102 valence electrons. The number of nitrogens with one attached hydrogen (secondary N) is 1. The Hall–Kier alpha value is -1.93. The van der Waals surface area contributed by atoms with Crippen molar-refractivity contribution in [3.8, 4) is 11.3 Å².